The molecule has 1 fully saturated rings. The van der Waals surface area contributed by atoms with Crippen molar-refractivity contribution in [1.82, 2.24) is 5.32 Å². The van der Waals surface area contributed by atoms with E-state index in [0.29, 0.717) is 6.42 Å². The Morgan fingerprint density at radius 3 is 1.30 bits per heavy atom. The number of aliphatic hydroxyl groups is 5. The molecule has 74 heavy (non-hydrogen) atoms. The SMILES string of the molecule is CC/C=C\C/C=C\C/C=C\C/C=C\C/C=C\C/C=C\CCCCCCCCCCCCCCCCCCCCCCCCC(=O)NC(COC1OC(CO)C(O)C(O)C1O)C(O)/C=C/CC/C=C/CCCCCC. The first-order chi connectivity index (χ1) is 36.3. The highest BCUT2D eigenvalue weighted by atomic mass is 16.7. The van der Waals surface area contributed by atoms with Crippen LogP contribution in [0.5, 0.6) is 0 Å². The molecular weight excluding hydrogens is 923 g/mol. The molecule has 1 amide bonds. The molecule has 426 valence electrons. The first kappa shape index (κ1) is 69.1. The molecule has 9 nitrogen and oxygen atoms in total. The van der Waals surface area contributed by atoms with E-state index in [2.05, 4.69) is 104 Å². The van der Waals surface area contributed by atoms with Crippen molar-refractivity contribution < 1.29 is 39.8 Å². The highest BCUT2D eigenvalue weighted by Crippen LogP contribution is 2.23. The lowest BCUT2D eigenvalue weighted by Gasteiger charge is -2.40. The zero-order valence-electron chi connectivity index (χ0n) is 47.3. The second-order valence-corrected chi connectivity index (χ2v) is 20.8. The van der Waals surface area contributed by atoms with E-state index < -0.39 is 49.5 Å². The Bertz CT molecular complexity index is 1480. The van der Waals surface area contributed by atoms with Crippen LogP contribution in [0.2, 0.25) is 0 Å². The number of rotatable bonds is 51. The average molecular weight is 1040 g/mol. The van der Waals surface area contributed by atoms with Gasteiger partial charge in [0.05, 0.1) is 25.4 Å². The van der Waals surface area contributed by atoms with E-state index in [1.54, 1.807) is 6.08 Å². The second kappa shape index (κ2) is 53.5. The minimum absolute atomic E-state index is 0.188. The molecule has 1 aliphatic heterocycles. The molecule has 0 bridgehead atoms. The van der Waals surface area contributed by atoms with Gasteiger partial charge in [0.1, 0.15) is 24.4 Å². The summed E-state index contributed by atoms with van der Waals surface area (Å²) in [6.07, 6.45) is 70.9. The molecule has 6 N–H and O–H groups in total. The summed E-state index contributed by atoms with van der Waals surface area (Å²) in [5.41, 5.74) is 0. The Labute approximate surface area is 453 Å². The second-order valence-electron chi connectivity index (χ2n) is 20.8. The molecule has 0 spiro atoms. The number of carbonyl (C=O) groups is 1. The van der Waals surface area contributed by atoms with Crippen molar-refractivity contribution >= 4 is 5.91 Å². The number of allylic oxidation sites excluding steroid dienone is 15. The molecule has 1 rings (SSSR count). The Hall–Kier alpha value is -2.89. The van der Waals surface area contributed by atoms with Crippen LogP contribution < -0.4 is 5.32 Å². The Morgan fingerprint density at radius 2 is 0.851 bits per heavy atom. The van der Waals surface area contributed by atoms with Crippen LogP contribution in [-0.4, -0.2) is 87.5 Å². The standard InChI is InChI=1S/C65H113NO8/c1-3-5-7-9-11-13-15-16-17-18-19-20-21-22-23-24-25-26-27-28-29-30-31-32-33-34-35-36-37-38-39-40-41-42-43-44-45-47-49-51-53-55-61(69)66-58(57-73-65-64(72)63(71)62(70)60(56-67)74-65)59(68)54-52-50-48-46-14-12-10-8-6-4-2/h5,7,11,13-14,16-17,19-20,22-23,25-26,46,52,54,58-60,62-65,67-68,70-72H,3-4,6,8-10,12,15,18,21,24,27-45,47-51,53,55-57H2,1-2H3,(H,66,69)/b7-5-,13-11-,17-16-,20-19-,23-22-,26-25-,46-14+,54-52+. The molecular formula is C65H113NO8. The van der Waals surface area contributed by atoms with Crippen LogP contribution in [0.3, 0.4) is 0 Å². The lowest BCUT2D eigenvalue weighted by molar-refractivity contribution is -0.302. The summed E-state index contributed by atoms with van der Waals surface area (Å²) in [5.74, 6) is -0.188. The van der Waals surface area contributed by atoms with Gasteiger partial charge in [0.2, 0.25) is 5.91 Å². The van der Waals surface area contributed by atoms with Crippen LogP contribution >= 0.6 is 0 Å². The summed E-state index contributed by atoms with van der Waals surface area (Å²) in [4.78, 5) is 13.0. The molecule has 7 unspecified atom stereocenters. The lowest BCUT2D eigenvalue weighted by atomic mass is 9.99. The maximum Gasteiger partial charge on any atom is 0.220 e. The van der Waals surface area contributed by atoms with E-state index in [-0.39, 0.29) is 12.5 Å². The molecule has 0 aliphatic carbocycles. The predicted octanol–water partition coefficient (Wildman–Crippen LogP) is 15.6. The van der Waals surface area contributed by atoms with Crippen molar-refractivity contribution in [3.63, 3.8) is 0 Å². The predicted molar refractivity (Wildman–Crippen MR) is 313 cm³/mol. The van der Waals surface area contributed by atoms with Gasteiger partial charge in [-0.05, 0) is 83.5 Å². The van der Waals surface area contributed by atoms with Gasteiger partial charge >= 0.3 is 0 Å². The number of hydrogen-bond acceptors (Lipinski definition) is 8. The highest BCUT2D eigenvalue weighted by Gasteiger charge is 2.44. The van der Waals surface area contributed by atoms with Gasteiger partial charge in [-0.3, -0.25) is 4.79 Å². The van der Waals surface area contributed by atoms with Gasteiger partial charge in [-0.25, -0.2) is 0 Å². The normalized spacial score (nSPS) is 19.7. The van der Waals surface area contributed by atoms with Crippen molar-refractivity contribution in [1.29, 1.82) is 0 Å². The smallest absolute Gasteiger partial charge is 0.220 e. The molecule has 1 heterocycles. The van der Waals surface area contributed by atoms with Crippen LogP contribution in [-0.2, 0) is 14.3 Å². The Kier molecular flexibility index (Phi) is 50.0. The molecule has 9 heteroatoms. The van der Waals surface area contributed by atoms with Crippen LogP contribution in [0.4, 0.5) is 0 Å². The fraction of sp³-hybridized carbons (Fsp3) is 0.738. The van der Waals surface area contributed by atoms with Crippen LogP contribution in [0.15, 0.2) is 97.2 Å². The van der Waals surface area contributed by atoms with Gasteiger partial charge in [-0.2, -0.15) is 0 Å². The molecule has 0 aromatic heterocycles. The lowest BCUT2D eigenvalue weighted by Crippen LogP contribution is -2.60. The third-order valence-electron chi connectivity index (χ3n) is 13.9. The molecule has 7 atom stereocenters. The Balaban J connectivity index is 2.02. The van der Waals surface area contributed by atoms with Crippen molar-refractivity contribution in [2.75, 3.05) is 13.2 Å². The van der Waals surface area contributed by atoms with Crippen molar-refractivity contribution in [3.05, 3.63) is 97.2 Å². The number of hydrogen-bond donors (Lipinski definition) is 6. The number of ether oxygens (including phenoxy) is 2. The largest absolute Gasteiger partial charge is 0.394 e. The summed E-state index contributed by atoms with van der Waals surface area (Å²) in [6, 6.07) is -0.822. The first-order valence-corrected chi connectivity index (χ1v) is 30.5. The molecule has 0 aromatic rings. The minimum Gasteiger partial charge on any atom is -0.394 e. The highest BCUT2D eigenvalue weighted by molar-refractivity contribution is 5.76. The van der Waals surface area contributed by atoms with Gasteiger partial charge in [0.25, 0.3) is 0 Å². The van der Waals surface area contributed by atoms with Gasteiger partial charge in [-0.15, -0.1) is 0 Å². The van der Waals surface area contributed by atoms with E-state index in [4.69, 9.17) is 9.47 Å². The molecule has 1 aliphatic rings. The molecule has 0 aromatic carbocycles. The quantitative estimate of drug-likeness (QED) is 0.0261. The minimum atomic E-state index is -1.57. The van der Waals surface area contributed by atoms with E-state index in [1.165, 1.54) is 154 Å². The molecule has 0 radical (unpaired) electrons. The van der Waals surface area contributed by atoms with Crippen LogP contribution in [0.1, 0.15) is 251 Å². The monoisotopic (exact) mass is 1040 g/mol. The number of carbonyl (C=O) groups excluding carboxylic acids is 1. The first-order valence-electron chi connectivity index (χ1n) is 30.5. The van der Waals surface area contributed by atoms with Gasteiger partial charge in [0, 0.05) is 6.42 Å². The van der Waals surface area contributed by atoms with Gasteiger partial charge in [-0.1, -0.05) is 259 Å². The summed E-state index contributed by atoms with van der Waals surface area (Å²) >= 11 is 0. The van der Waals surface area contributed by atoms with Gasteiger partial charge < -0.3 is 40.3 Å². The van der Waals surface area contributed by atoms with E-state index >= 15 is 0 Å². The third-order valence-corrected chi connectivity index (χ3v) is 13.9. The zero-order valence-corrected chi connectivity index (χ0v) is 47.3. The van der Waals surface area contributed by atoms with Gasteiger partial charge in [0.15, 0.2) is 6.29 Å². The summed E-state index contributed by atoms with van der Waals surface area (Å²) in [7, 11) is 0. The van der Waals surface area contributed by atoms with Crippen molar-refractivity contribution in [2.45, 2.75) is 294 Å². The fourth-order valence-corrected chi connectivity index (χ4v) is 9.12. The van der Waals surface area contributed by atoms with E-state index in [0.717, 1.165) is 77.0 Å². The van der Waals surface area contributed by atoms with Crippen LogP contribution in [0.25, 0.3) is 0 Å². The Morgan fingerprint density at radius 1 is 0.473 bits per heavy atom. The molecule has 1 saturated heterocycles. The summed E-state index contributed by atoms with van der Waals surface area (Å²) < 4.78 is 11.2. The summed E-state index contributed by atoms with van der Waals surface area (Å²) in [6.45, 7) is 3.60. The summed E-state index contributed by atoms with van der Waals surface area (Å²) in [5, 5.41) is 54.2. The maximum absolute atomic E-state index is 13.0. The maximum atomic E-state index is 13.0. The number of amides is 1. The van der Waals surface area contributed by atoms with Crippen molar-refractivity contribution in [2.24, 2.45) is 0 Å². The van der Waals surface area contributed by atoms with Crippen LogP contribution in [0, 0.1) is 0 Å². The van der Waals surface area contributed by atoms with E-state index in [1.807, 2.05) is 6.08 Å². The fourth-order valence-electron chi connectivity index (χ4n) is 9.12. The average Bonchev–Trinajstić information content (AvgIpc) is 3.40. The third kappa shape index (κ3) is 42.2. The molecule has 0 saturated carbocycles. The zero-order chi connectivity index (χ0) is 53.6. The topological polar surface area (TPSA) is 149 Å². The number of unbranched alkanes of at least 4 members (excludes halogenated alkanes) is 27. The number of aliphatic hydroxyl groups excluding tert-OH is 5. The van der Waals surface area contributed by atoms with E-state index in [9.17, 15) is 30.3 Å². The number of nitrogens with one attached hydrogen (secondary N) is 1. The van der Waals surface area contributed by atoms with Crippen molar-refractivity contribution in [3.8, 4) is 0 Å².